The number of likely N-dealkylation sites (N-methyl/N-ethyl adjacent to an activating group) is 1. The molecule has 2 rings (SSSR count). The van der Waals surface area contributed by atoms with Gasteiger partial charge in [-0.1, -0.05) is 18.2 Å². The topological polar surface area (TPSA) is 57.6 Å². The molecule has 1 aromatic heterocycles. The number of hydrogen-bond acceptors (Lipinski definition) is 4. The van der Waals surface area contributed by atoms with E-state index in [0.717, 1.165) is 4.88 Å². The predicted molar refractivity (Wildman–Crippen MR) is 84.9 cm³/mol. The zero-order chi connectivity index (χ0) is 15.5. The normalized spacial score (nSPS) is 13.5. The Labute approximate surface area is 129 Å². The molecule has 1 heterocycles. The molecule has 0 radical (unpaired) electrons. The van der Waals surface area contributed by atoms with Gasteiger partial charge >= 0.3 is 0 Å². The van der Waals surface area contributed by atoms with E-state index >= 15 is 0 Å². The van der Waals surface area contributed by atoms with E-state index in [-0.39, 0.29) is 4.90 Å². The maximum absolute atomic E-state index is 12.5. The van der Waals surface area contributed by atoms with Crippen LogP contribution in [0.3, 0.4) is 0 Å². The third kappa shape index (κ3) is 3.91. The summed E-state index contributed by atoms with van der Waals surface area (Å²) < 4.78 is 26.4. The van der Waals surface area contributed by atoms with E-state index in [1.165, 1.54) is 10.4 Å². The molecule has 0 saturated carbocycles. The molecule has 0 aliphatic carbocycles. The van der Waals surface area contributed by atoms with Gasteiger partial charge in [-0.2, -0.15) is 0 Å². The standard InChI is InChI=1S/C15H19NO3S2/c1-12(17)13-5-3-7-15(11-13)21(18,19)16(2)9-8-14-6-4-10-20-14/h3-7,10-12,17H,8-9H2,1-2H3. The molecule has 1 unspecified atom stereocenters. The van der Waals surface area contributed by atoms with E-state index in [9.17, 15) is 13.5 Å². The molecule has 0 fully saturated rings. The first-order chi connectivity index (χ1) is 9.91. The summed E-state index contributed by atoms with van der Waals surface area (Å²) in [7, 11) is -1.94. The number of benzene rings is 1. The molecule has 4 nitrogen and oxygen atoms in total. The van der Waals surface area contributed by atoms with Crippen molar-refractivity contribution in [3.05, 3.63) is 52.2 Å². The Hall–Kier alpha value is -1.21. The number of thiophene rings is 1. The van der Waals surface area contributed by atoms with Crippen LogP contribution < -0.4 is 0 Å². The van der Waals surface area contributed by atoms with E-state index in [2.05, 4.69) is 0 Å². The molecule has 0 aliphatic rings. The maximum atomic E-state index is 12.5. The predicted octanol–water partition coefficient (Wildman–Crippen LogP) is 2.66. The minimum absolute atomic E-state index is 0.217. The van der Waals surface area contributed by atoms with Gasteiger partial charge in [-0.15, -0.1) is 11.3 Å². The monoisotopic (exact) mass is 325 g/mol. The highest BCUT2D eigenvalue weighted by Gasteiger charge is 2.21. The zero-order valence-electron chi connectivity index (χ0n) is 12.1. The molecule has 1 atom stereocenters. The van der Waals surface area contributed by atoms with Crippen molar-refractivity contribution in [2.75, 3.05) is 13.6 Å². The first-order valence-corrected chi connectivity index (χ1v) is 9.00. The van der Waals surface area contributed by atoms with Gasteiger partial charge in [-0.05, 0) is 42.5 Å². The largest absolute Gasteiger partial charge is 0.389 e. The number of aliphatic hydroxyl groups excluding tert-OH is 1. The average molecular weight is 325 g/mol. The highest BCUT2D eigenvalue weighted by Crippen LogP contribution is 2.20. The van der Waals surface area contributed by atoms with Gasteiger partial charge in [0.2, 0.25) is 10.0 Å². The summed E-state index contributed by atoms with van der Waals surface area (Å²) in [6, 6.07) is 10.4. The number of rotatable bonds is 6. The Balaban J connectivity index is 2.14. The minimum Gasteiger partial charge on any atom is -0.389 e. The molecule has 1 N–H and O–H groups in total. The van der Waals surface area contributed by atoms with Gasteiger partial charge in [0.25, 0.3) is 0 Å². The summed E-state index contributed by atoms with van der Waals surface area (Å²) in [5.74, 6) is 0. The van der Waals surface area contributed by atoms with E-state index in [1.54, 1.807) is 43.5 Å². The van der Waals surface area contributed by atoms with Crippen molar-refractivity contribution in [1.82, 2.24) is 4.31 Å². The fourth-order valence-electron chi connectivity index (χ4n) is 1.96. The second-order valence-corrected chi connectivity index (χ2v) is 7.98. The van der Waals surface area contributed by atoms with Gasteiger partial charge in [0, 0.05) is 18.5 Å². The van der Waals surface area contributed by atoms with Gasteiger partial charge in [-0.25, -0.2) is 12.7 Å². The summed E-state index contributed by atoms with van der Waals surface area (Å²) >= 11 is 1.62. The van der Waals surface area contributed by atoms with Crippen LogP contribution in [-0.2, 0) is 16.4 Å². The van der Waals surface area contributed by atoms with Crippen molar-refractivity contribution in [3.8, 4) is 0 Å². The van der Waals surface area contributed by atoms with Gasteiger partial charge in [0.05, 0.1) is 11.0 Å². The number of hydrogen-bond donors (Lipinski definition) is 1. The number of sulfonamides is 1. The van der Waals surface area contributed by atoms with E-state index in [1.807, 2.05) is 17.5 Å². The SMILES string of the molecule is CC(O)c1cccc(S(=O)(=O)N(C)CCc2cccs2)c1. The Morgan fingerprint density at radius 1 is 1.29 bits per heavy atom. The Morgan fingerprint density at radius 3 is 2.67 bits per heavy atom. The molecule has 0 bridgehead atoms. The summed E-state index contributed by atoms with van der Waals surface area (Å²) in [5, 5.41) is 11.6. The Kier molecular flexibility index (Phi) is 5.16. The maximum Gasteiger partial charge on any atom is 0.242 e. The van der Waals surface area contributed by atoms with E-state index in [0.29, 0.717) is 18.5 Å². The summed E-state index contributed by atoms with van der Waals surface area (Å²) in [6.07, 6.45) is 0.0142. The van der Waals surface area contributed by atoms with Gasteiger partial charge in [0.15, 0.2) is 0 Å². The van der Waals surface area contributed by atoms with Crippen LogP contribution in [0.25, 0.3) is 0 Å². The van der Waals surface area contributed by atoms with Crippen LogP contribution in [0.1, 0.15) is 23.5 Å². The van der Waals surface area contributed by atoms with Crippen LogP contribution in [-0.4, -0.2) is 31.4 Å². The molecule has 6 heteroatoms. The quantitative estimate of drug-likeness (QED) is 0.888. The lowest BCUT2D eigenvalue weighted by atomic mass is 10.1. The third-order valence-electron chi connectivity index (χ3n) is 3.30. The molecule has 0 spiro atoms. The van der Waals surface area contributed by atoms with Crippen molar-refractivity contribution >= 4 is 21.4 Å². The van der Waals surface area contributed by atoms with Crippen molar-refractivity contribution in [2.45, 2.75) is 24.3 Å². The van der Waals surface area contributed by atoms with Crippen molar-refractivity contribution in [3.63, 3.8) is 0 Å². The molecule has 2 aromatic rings. The van der Waals surface area contributed by atoms with Crippen LogP contribution in [0.2, 0.25) is 0 Å². The highest BCUT2D eigenvalue weighted by atomic mass is 32.2. The first kappa shape index (κ1) is 16.2. The fourth-order valence-corrected chi connectivity index (χ4v) is 3.88. The number of aliphatic hydroxyl groups is 1. The highest BCUT2D eigenvalue weighted by molar-refractivity contribution is 7.89. The molecule has 0 saturated heterocycles. The van der Waals surface area contributed by atoms with Crippen LogP contribution in [0, 0.1) is 0 Å². The minimum atomic E-state index is -3.52. The van der Waals surface area contributed by atoms with Crippen LogP contribution in [0.5, 0.6) is 0 Å². The second-order valence-electron chi connectivity index (χ2n) is 4.90. The first-order valence-electron chi connectivity index (χ1n) is 6.68. The van der Waals surface area contributed by atoms with Crippen LogP contribution in [0.15, 0.2) is 46.7 Å². The van der Waals surface area contributed by atoms with Crippen LogP contribution >= 0.6 is 11.3 Å². The third-order valence-corrected chi connectivity index (χ3v) is 6.09. The lowest BCUT2D eigenvalue weighted by Crippen LogP contribution is -2.29. The van der Waals surface area contributed by atoms with E-state index < -0.39 is 16.1 Å². The van der Waals surface area contributed by atoms with Gasteiger partial charge in [-0.3, -0.25) is 0 Å². The molecular weight excluding hydrogens is 306 g/mol. The molecular formula is C15H19NO3S2. The lowest BCUT2D eigenvalue weighted by molar-refractivity contribution is 0.199. The van der Waals surface area contributed by atoms with E-state index in [4.69, 9.17) is 0 Å². The molecule has 0 amide bonds. The zero-order valence-corrected chi connectivity index (χ0v) is 13.7. The molecule has 1 aromatic carbocycles. The number of nitrogens with zero attached hydrogens (tertiary/aromatic N) is 1. The average Bonchev–Trinajstić information content (AvgIpc) is 2.98. The van der Waals surface area contributed by atoms with Crippen molar-refractivity contribution < 1.29 is 13.5 Å². The van der Waals surface area contributed by atoms with Gasteiger partial charge < -0.3 is 5.11 Å². The van der Waals surface area contributed by atoms with Crippen molar-refractivity contribution in [2.24, 2.45) is 0 Å². The Morgan fingerprint density at radius 2 is 2.05 bits per heavy atom. The van der Waals surface area contributed by atoms with Crippen molar-refractivity contribution in [1.29, 1.82) is 0 Å². The smallest absolute Gasteiger partial charge is 0.242 e. The fraction of sp³-hybridized carbons (Fsp3) is 0.333. The summed E-state index contributed by atoms with van der Waals surface area (Å²) in [6.45, 7) is 2.05. The van der Waals surface area contributed by atoms with Gasteiger partial charge in [0.1, 0.15) is 0 Å². The summed E-state index contributed by atoms with van der Waals surface area (Å²) in [5.41, 5.74) is 0.600. The Bertz CT molecular complexity index is 679. The molecule has 21 heavy (non-hydrogen) atoms. The molecule has 0 aliphatic heterocycles. The summed E-state index contributed by atoms with van der Waals surface area (Å²) in [4.78, 5) is 1.38. The molecule has 114 valence electrons. The second kappa shape index (κ2) is 6.70. The van der Waals surface area contributed by atoms with Crippen LogP contribution in [0.4, 0.5) is 0 Å². The lowest BCUT2D eigenvalue weighted by Gasteiger charge is -2.17.